The number of amides is 1. The number of carbonyl (C=O) groups is 2. The monoisotopic (exact) mass is 511 g/mol. The van der Waals surface area contributed by atoms with E-state index in [-0.39, 0.29) is 17.3 Å². The Morgan fingerprint density at radius 3 is 2.31 bits per heavy atom. The van der Waals surface area contributed by atoms with Gasteiger partial charge in [0.15, 0.2) is 0 Å². The van der Waals surface area contributed by atoms with Crippen molar-refractivity contribution in [1.29, 1.82) is 0 Å². The third kappa shape index (κ3) is 4.30. The molecule has 1 aliphatic rings. The standard InChI is InChI=1S/C27H26ClNO5S/c1-14(2)18-12-16(6-8-20(18)33-4)24(30)22-23(26-15(3)10-11-35-26)29(27(32)25(22)31)17-7-9-21(34-5)19(28)13-17/h6-14,23,30H,1-5H3/b24-22-. The average Bonchev–Trinajstić information content (AvgIpc) is 3.38. The van der Waals surface area contributed by atoms with Crippen LogP contribution in [0.15, 0.2) is 53.4 Å². The van der Waals surface area contributed by atoms with Crippen molar-refractivity contribution in [3.63, 3.8) is 0 Å². The fourth-order valence-corrected chi connectivity index (χ4v) is 5.58. The lowest BCUT2D eigenvalue weighted by molar-refractivity contribution is -0.132. The van der Waals surface area contributed by atoms with Gasteiger partial charge in [-0.3, -0.25) is 14.5 Å². The topological polar surface area (TPSA) is 76.1 Å². The number of aryl methyl sites for hydroxylation is 1. The summed E-state index contributed by atoms with van der Waals surface area (Å²) in [6.07, 6.45) is 0. The molecule has 35 heavy (non-hydrogen) atoms. The summed E-state index contributed by atoms with van der Waals surface area (Å²) in [5.74, 6) is -0.451. The summed E-state index contributed by atoms with van der Waals surface area (Å²) in [5, 5.41) is 13.6. The maximum atomic E-state index is 13.4. The SMILES string of the molecule is COc1ccc(N2C(=O)C(=O)/C(=C(\O)c3ccc(OC)c(C(C)C)c3)C2c2sccc2C)cc1Cl. The lowest BCUT2D eigenvalue weighted by Gasteiger charge is -2.25. The number of Topliss-reactive ketones (excluding diaryl/α,β-unsaturated/α-hetero) is 1. The van der Waals surface area contributed by atoms with E-state index in [9.17, 15) is 14.7 Å². The molecule has 1 amide bonds. The smallest absolute Gasteiger partial charge is 0.300 e. The zero-order chi connectivity index (χ0) is 25.4. The van der Waals surface area contributed by atoms with E-state index in [1.54, 1.807) is 43.5 Å². The molecule has 1 fully saturated rings. The van der Waals surface area contributed by atoms with Crippen LogP contribution in [0.2, 0.25) is 5.02 Å². The Bertz CT molecular complexity index is 1340. The first-order valence-electron chi connectivity index (χ1n) is 11.1. The highest BCUT2D eigenvalue weighted by atomic mass is 35.5. The van der Waals surface area contributed by atoms with Gasteiger partial charge in [0.2, 0.25) is 0 Å². The van der Waals surface area contributed by atoms with Crippen molar-refractivity contribution < 1.29 is 24.2 Å². The van der Waals surface area contributed by atoms with Crippen LogP contribution in [0.1, 0.15) is 47.4 Å². The van der Waals surface area contributed by atoms with E-state index in [0.717, 1.165) is 16.0 Å². The summed E-state index contributed by atoms with van der Waals surface area (Å²) in [7, 11) is 3.09. The van der Waals surface area contributed by atoms with Gasteiger partial charge >= 0.3 is 0 Å². The van der Waals surface area contributed by atoms with Crippen LogP contribution >= 0.6 is 22.9 Å². The van der Waals surface area contributed by atoms with Gasteiger partial charge in [0, 0.05) is 16.1 Å². The highest BCUT2D eigenvalue weighted by molar-refractivity contribution is 7.10. The molecule has 2 heterocycles. The molecule has 3 aromatic rings. The number of methoxy groups -OCH3 is 2. The maximum absolute atomic E-state index is 13.4. The fraction of sp³-hybridized carbons (Fsp3) is 0.259. The van der Waals surface area contributed by atoms with Crippen molar-refractivity contribution in [2.75, 3.05) is 19.1 Å². The first-order valence-corrected chi connectivity index (χ1v) is 12.3. The van der Waals surface area contributed by atoms with Crippen molar-refractivity contribution in [2.24, 2.45) is 0 Å². The van der Waals surface area contributed by atoms with Crippen LogP contribution in [0, 0.1) is 6.92 Å². The normalized spacial score (nSPS) is 17.3. The third-order valence-electron chi connectivity index (χ3n) is 6.13. The molecule has 1 aromatic heterocycles. The van der Waals surface area contributed by atoms with Gasteiger partial charge in [0.05, 0.1) is 24.8 Å². The number of nitrogens with zero attached hydrogens (tertiary/aromatic N) is 1. The molecule has 6 nitrogen and oxygen atoms in total. The Balaban J connectivity index is 1.94. The van der Waals surface area contributed by atoms with Gasteiger partial charge in [-0.15, -0.1) is 11.3 Å². The minimum absolute atomic E-state index is 0.0346. The first-order chi connectivity index (χ1) is 16.7. The number of ketones is 1. The molecule has 4 rings (SSSR count). The number of halogens is 1. The molecule has 1 N–H and O–H groups in total. The molecule has 0 saturated carbocycles. The zero-order valence-corrected chi connectivity index (χ0v) is 21.7. The predicted molar refractivity (Wildman–Crippen MR) is 139 cm³/mol. The first kappa shape index (κ1) is 24.8. The van der Waals surface area contributed by atoms with E-state index in [4.69, 9.17) is 21.1 Å². The van der Waals surface area contributed by atoms with Gasteiger partial charge in [-0.25, -0.2) is 0 Å². The number of carbonyl (C=O) groups excluding carboxylic acids is 2. The Kier molecular flexibility index (Phi) is 6.92. The molecule has 0 bridgehead atoms. The van der Waals surface area contributed by atoms with Crippen LogP contribution in [0.3, 0.4) is 0 Å². The lowest BCUT2D eigenvalue weighted by Crippen LogP contribution is -2.29. The average molecular weight is 512 g/mol. The maximum Gasteiger partial charge on any atom is 0.300 e. The molecule has 1 atom stereocenters. The summed E-state index contributed by atoms with van der Waals surface area (Å²) in [6.45, 7) is 5.95. The summed E-state index contributed by atoms with van der Waals surface area (Å²) < 4.78 is 10.7. The van der Waals surface area contributed by atoms with Crippen molar-refractivity contribution >= 4 is 46.1 Å². The molecule has 2 aromatic carbocycles. The Labute approximate surface area is 213 Å². The van der Waals surface area contributed by atoms with Gasteiger partial charge in [-0.1, -0.05) is 25.4 Å². The third-order valence-corrected chi connectivity index (χ3v) is 7.50. The number of ether oxygens (including phenoxy) is 2. The Morgan fingerprint density at radius 1 is 1.06 bits per heavy atom. The second-order valence-electron chi connectivity index (χ2n) is 8.57. The molecule has 1 aliphatic heterocycles. The van der Waals surface area contributed by atoms with Gasteiger partial charge in [-0.05, 0) is 71.8 Å². The van der Waals surface area contributed by atoms with Crippen molar-refractivity contribution in [3.8, 4) is 11.5 Å². The van der Waals surface area contributed by atoms with Crippen LogP contribution in [-0.2, 0) is 9.59 Å². The number of aliphatic hydroxyl groups excluding tert-OH is 1. The number of aliphatic hydroxyl groups is 1. The number of thiophene rings is 1. The minimum Gasteiger partial charge on any atom is -0.507 e. The molecule has 0 aliphatic carbocycles. The van der Waals surface area contributed by atoms with Crippen molar-refractivity contribution in [1.82, 2.24) is 0 Å². The van der Waals surface area contributed by atoms with E-state index in [2.05, 4.69) is 0 Å². The molecule has 182 valence electrons. The Hall–Kier alpha value is -3.29. The van der Waals surface area contributed by atoms with Crippen LogP contribution in [0.25, 0.3) is 5.76 Å². The molecule has 0 spiro atoms. The number of benzene rings is 2. The van der Waals surface area contributed by atoms with Gasteiger partial charge in [0.25, 0.3) is 11.7 Å². The van der Waals surface area contributed by atoms with Crippen LogP contribution in [0.4, 0.5) is 5.69 Å². The van der Waals surface area contributed by atoms with E-state index in [0.29, 0.717) is 27.8 Å². The summed E-state index contributed by atoms with van der Waals surface area (Å²) in [5.41, 5.74) is 2.71. The van der Waals surface area contributed by atoms with E-state index >= 15 is 0 Å². The van der Waals surface area contributed by atoms with Crippen LogP contribution in [0.5, 0.6) is 11.5 Å². The number of anilines is 1. The van der Waals surface area contributed by atoms with E-state index in [1.807, 2.05) is 32.2 Å². The predicted octanol–water partition coefficient (Wildman–Crippen LogP) is 6.48. The van der Waals surface area contributed by atoms with Gasteiger partial charge in [-0.2, -0.15) is 0 Å². The summed E-state index contributed by atoms with van der Waals surface area (Å²) >= 11 is 7.77. The largest absolute Gasteiger partial charge is 0.507 e. The molecule has 8 heteroatoms. The second kappa shape index (κ2) is 9.76. The number of rotatable bonds is 6. The zero-order valence-electron chi connectivity index (χ0n) is 20.1. The summed E-state index contributed by atoms with van der Waals surface area (Å²) in [6, 6.07) is 11.3. The molecule has 1 unspecified atom stereocenters. The fourth-order valence-electron chi connectivity index (χ4n) is 4.30. The highest BCUT2D eigenvalue weighted by Gasteiger charge is 2.48. The number of hydrogen-bond donors (Lipinski definition) is 1. The van der Waals surface area contributed by atoms with Crippen molar-refractivity contribution in [3.05, 3.63) is 80.0 Å². The van der Waals surface area contributed by atoms with E-state index in [1.165, 1.54) is 23.3 Å². The van der Waals surface area contributed by atoms with Gasteiger partial charge in [0.1, 0.15) is 23.3 Å². The van der Waals surface area contributed by atoms with Crippen LogP contribution in [-0.4, -0.2) is 31.0 Å². The molecular weight excluding hydrogens is 486 g/mol. The number of hydrogen-bond acceptors (Lipinski definition) is 6. The highest BCUT2D eigenvalue weighted by Crippen LogP contribution is 2.46. The van der Waals surface area contributed by atoms with E-state index < -0.39 is 17.7 Å². The molecule has 0 radical (unpaired) electrons. The molecular formula is C27H26ClNO5S. The minimum atomic E-state index is -0.802. The Morgan fingerprint density at radius 2 is 1.74 bits per heavy atom. The van der Waals surface area contributed by atoms with Crippen molar-refractivity contribution in [2.45, 2.75) is 32.7 Å². The van der Waals surface area contributed by atoms with Crippen LogP contribution < -0.4 is 14.4 Å². The quantitative estimate of drug-likeness (QED) is 0.233. The lowest BCUT2D eigenvalue weighted by atomic mass is 9.94. The molecule has 1 saturated heterocycles. The second-order valence-corrected chi connectivity index (χ2v) is 9.92. The van der Waals surface area contributed by atoms with Gasteiger partial charge < -0.3 is 14.6 Å². The summed E-state index contributed by atoms with van der Waals surface area (Å²) in [4.78, 5) is 28.9.